The van der Waals surface area contributed by atoms with Crippen molar-refractivity contribution in [2.24, 2.45) is 5.16 Å². The molecule has 64 valence electrons. The van der Waals surface area contributed by atoms with E-state index in [0.717, 1.165) is 12.1 Å². The first-order valence-corrected chi connectivity index (χ1v) is 3.29. The van der Waals surface area contributed by atoms with Gasteiger partial charge in [0.15, 0.2) is 11.6 Å². The van der Waals surface area contributed by atoms with Crippen LogP contribution in [0.15, 0.2) is 23.4 Å². The smallest absolute Gasteiger partial charge is 0.159 e. The van der Waals surface area contributed by atoms with E-state index in [9.17, 15) is 8.78 Å². The maximum absolute atomic E-state index is 12.6. The van der Waals surface area contributed by atoms with Crippen LogP contribution in [0.25, 0.3) is 0 Å². The van der Waals surface area contributed by atoms with Crippen molar-refractivity contribution < 1.29 is 14.0 Å². The van der Waals surface area contributed by atoms with Gasteiger partial charge in [0.2, 0.25) is 0 Å². The van der Waals surface area contributed by atoms with Gasteiger partial charge in [-0.3, -0.25) is 0 Å². The molecule has 1 rings (SSSR count). The molecule has 0 aromatic heterocycles. The van der Waals surface area contributed by atoms with E-state index in [1.807, 2.05) is 0 Å². The summed E-state index contributed by atoms with van der Waals surface area (Å²) in [5.41, 5.74) is 0.602. The molecule has 0 heterocycles. The Morgan fingerprint density at radius 1 is 1.33 bits per heavy atom. The second-order valence-electron chi connectivity index (χ2n) is 2.31. The maximum Gasteiger partial charge on any atom is 0.159 e. The molecule has 0 fully saturated rings. The van der Waals surface area contributed by atoms with Crippen LogP contribution in [0.2, 0.25) is 0 Å². The molecule has 1 aromatic carbocycles. The highest BCUT2D eigenvalue weighted by molar-refractivity contribution is 5.98. The van der Waals surface area contributed by atoms with Gasteiger partial charge >= 0.3 is 0 Å². The van der Waals surface area contributed by atoms with Crippen LogP contribution < -0.4 is 0 Å². The van der Waals surface area contributed by atoms with E-state index < -0.39 is 11.6 Å². The molecule has 0 spiro atoms. The van der Waals surface area contributed by atoms with Gasteiger partial charge in [-0.25, -0.2) is 8.78 Å². The van der Waals surface area contributed by atoms with Crippen molar-refractivity contribution in [1.29, 1.82) is 0 Å². The van der Waals surface area contributed by atoms with Gasteiger partial charge in [0.05, 0.1) is 5.71 Å². The molecule has 0 saturated heterocycles. The Balaban J connectivity index is 3.13. The van der Waals surface area contributed by atoms with E-state index in [0.29, 0.717) is 5.56 Å². The van der Waals surface area contributed by atoms with Gasteiger partial charge in [-0.1, -0.05) is 5.16 Å². The summed E-state index contributed by atoms with van der Waals surface area (Å²) in [5, 5.41) is 11.2. The molecule has 0 aliphatic carbocycles. The molecule has 4 heteroatoms. The summed E-state index contributed by atoms with van der Waals surface area (Å²) in [6, 6.07) is 3.30. The van der Waals surface area contributed by atoms with E-state index in [4.69, 9.17) is 5.21 Å². The first kappa shape index (κ1) is 8.64. The maximum atomic E-state index is 12.6. The average Bonchev–Trinajstić information content (AvgIpc) is 2.08. The van der Waals surface area contributed by atoms with Crippen molar-refractivity contribution in [3.05, 3.63) is 35.4 Å². The van der Waals surface area contributed by atoms with Gasteiger partial charge in [0, 0.05) is 5.56 Å². The van der Waals surface area contributed by atoms with Crippen LogP contribution >= 0.6 is 0 Å². The molecule has 0 aliphatic rings. The third kappa shape index (κ3) is 1.58. The van der Waals surface area contributed by atoms with E-state index in [-0.39, 0.29) is 5.71 Å². The van der Waals surface area contributed by atoms with Crippen molar-refractivity contribution >= 4 is 5.71 Å². The van der Waals surface area contributed by atoms with Gasteiger partial charge in [0.1, 0.15) is 0 Å². The molecule has 2 nitrogen and oxygen atoms in total. The normalized spacial score (nSPS) is 11.8. The third-order valence-electron chi connectivity index (χ3n) is 1.49. The van der Waals surface area contributed by atoms with Gasteiger partial charge in [-0.2, -0.15) is 0 Å². The Hall–Kier alpha value is -1.45. The molecule has 0 unspecified atom stereocenters. The zero-order valence-electron chi connectivity index (χ0n) is 6.38. The number of hydrogen-bond acceptors (Lipinski definition) is 2. The summed E-state index contributed by atoms with van der Waals surface area (Å²) in [6.45, 7) is 1.49. The Morgan fingerprint density at radius 3 is 2.50 bits per heavy atom. The summed E-state index contributed by atoms with van der Waals surface area (Å²) < 4.78 is 25.0. The van der Waals surface area contributed by atoms with Crippen molar-refractivity contribution in [3.63, 3.8) is 0 Å². The minimum absolute atomic E-state index is 0.244. The van der Waals surface area contributed by atoms with Crippen LogP contribution in [-0.4, -0.2) is 10.9 Å². The Labute approximate surface area is 68.1 Å². The highest BCUT2D eigenvalue weighted by Crippen LogP contribution is 2.09. The largest absolute Gasteiger partial charge is 0.411 e. The van der Waals surface area contributed by atoms with Crippen molar-refractivity contribution in [1.82, 2.24) is 0 Å². The number of oxime groups is 1. The fraction of sp³-hybridized carbons (Fsp3) is 0.125. The standard InChI is InChI=1S/C8H7F2NO/c1-5(11-12)6-2-3-7(9)8(10)4-6/h2-4,12H,1H3/b11-5-. The molecule has 0 radical (unpaired) electrons. The minimum atomic E-state index is -0.949. The molecule has 0 atom stereocenters. The molecule has 1 N–H and O–H groups in total. The van der Waals surface area contributed by atoms with Crippen molar-refractivity contribution in [2.45, 2.75) is 6.92 Å². The molecular weight excluding hydrogens is 164 g/mol. The molecule has 1 aromatic rings. The fourth-order valence-electron chi connectivity index (χ4n) is 0.779. The highest BCUT2D eigenvalue weighted by atomic mass is 19.2. The van der Waals surface area contributed by atoms with Crippen LogP contribution in [0, 0.1) is 11.6 Å². The SMILES string of the molecule is C/C(=N/O)c1ccc(F)c(F)c1. The molecule has 0 saturated carbocycles. The lowest BCUT2D eigenvalue weighted by Crippen LogP contribution is -1.96. The van der Waals surface area contributed by atoms with Gasteiger partial charge < -0.3 is 5.21 Å². The number of nitrogens with zero attached hydrogens (tertiary/aromatic N) is 1. The van der Waals surface area contributed by atoms with E-state index in [1.165, 1.54) is 13.0 Å². The molecule has 0 amide bonds. The number of benzene rings is 1. The van der Waals surface area contributed by atoms with Crippen LogP contribution in [0.1, 0.15) is 12.5 Å². The van der Waals surface area contributed by atoms with Crippen molar-refractivity contribution in [3.8, 4) is 0 Å². The zero-order valence-corrected chi connectivity index (χ0v) is 6.38. The highest BCUT2D eigenvalue weighted by Gasteiger charge is 2.04. The second kappa shape index (κ2) is 3.30. The van der Waals surface area contributed by atoms with Crippen LogP contribution in [0.3, 0.4) is 0 Å². The monoisotopic (exact) mass is 171 g/mol. The summed E-state index contributed by atoms with van der Waals surface area (Å²) in [7, 11) is 0. The lowest BCUT2D eigenvalue weighted by molar-refractivity contribution is 0.319. The first-order valence-electron chi connectivity index (χ1n) is 3.29. The molecule has 0 bridgehead atoms. The van der Waals surface area contributed by atoms with E-state index in [2.05, 4.69) is 5.16 Å². The van der Waals surface area contributed by atoms with Crippen LogP contribution in [0.4, 0.5) is 8.78 Å². The van der Waals surface area contributed by atoms with E-state index >= 15 is 0 Å². The summed E-state index contributed by atoms with van der Waals surface area (Å²) in [5.74, 6) is -1.86. The van der Waals surface area contributed by atoms with Crippen LogP contribution in [-0.2, 0) is 0 Å². The quantitative estimate of drug-likeness (QED) is 0.392. The molecule has 12 heavy (non-hydrogen) atoms. The Morgan fingerprint density at radius 2 is 2.00 bits per heavy atom. The molecular formula is C8H7F2NO. The summed E-state index contributed by atoms with van der Waals surface area (Å²) in [6.07, 6.45) is 0. The van der Waals surface area contributed by atoms with Crippen molar-refractivity contribution in [2.75, 3.05) is 0 Å². The average molecular weight is 171 g/mol. The summed E-state index contributed by atoms with van der Waals surface area (Å²) in [4.78, 5) is 0. The van der Waals surface area contributed by atoms with Gasteiger partial charge in [0.25, 0.3) is 0 Å². The minimum Gasteiger partial charge on any atom is -0.411 e. The first-order chi connectivity index (χ1) is 5.65. The number of hydrogen-bond donors (Lipinski definition) is 1. The van der Waals surface area contributed by atoms with Crippen LogP contribution in [0.5, 0.6) is 0 Å². The fourth-order valence-corrected chi connectivity index (χ4v) is 0.779. The zero-order chi connectivity index (χ0) is 9.14. The Kier molecular flexibility index (Phi) is 2.38. The lowest BCUT2D eigenvalue weighted by Gasteiger charge is -1.98. The molecule has 0 aliphatic heterocycles. The lowest BCUT2D eigenvalue weighted by atomic mass is 10.1. The topological polar surface area (TPSA) is 32.6 Å². The Bertz CT molecular complexity index is 323. The van der Waals surface area contributed by atoms with Gasteiger partial charge in [-0.15, -0.1) is 0 Å². The number of rotatable bonds is 1. The van der Waals surface area contributed by atoms with Gasteiger partial charge in [-0.05, 0) is 25.1 Å². The summed E-state index contributed by atoms with van der Waals surface area (Å²) >= 11 is 0. The third-order valence-corrected chi connectivity index (χ3v) is 1.49. The number of halogens is 2. The van der Waals surface area contributed by atoms with E-state index in [1.54, 1.807) is 0 Å². The predicted molar refractivity (Wildman–Crippen MR) is 40.4 cm³/mol. The second-order valence-corrected chi connectivity index (χ2v) is 2.31. The predicted octanol–water partition coefficient (Wildman–Crippen LogP) is 2.16.